The molecule has 4 amide bonds. The highest BCUT2D eigenvalue weighted by Gasteiger charge is 2.43. The van der Waals surface area contributed by atoms with E-state index in [4.69, 9.17) is 19.3 Å². The van der Waals surface area contributed by atoms with E-state index in [1.807, 2.05) is 104 Å². The standard InChI is InChI=1S/C34H49N5O6.C20H21FN2O.C13H22N4O3S/c1-5-22(3)30-34(44)38-19-13-12-18-29(38)33(43)35-26(16-9-7-8-14-24(40)6-2)31(41)36-27(32(42)37-30)20-23-21-39(45-4)28-17-11-10-15-25(23)28;1-23(2)11-3-10-20(17-5-7-18(21)8-6-17)19-9-4-15(13-22)12-16(19)14-24-20;1-14-13(9-17(18)19)15-6-7-21-10-12-5-4-11(20-12)8-16(2)3/h10-11,15,17,21-22,26-27,29-30H,5-9,12-14,16,18-20H2,1-4H3,(H,35,43)(H,36,41)(H,37,42);4-9,12H,3,10-11,14H2,1-2H3;4-5,9,14-15H,6-8,10H2,1-3H3/b;;13-9-/t22-,26-,27-,29+,30-;;/m0../s1. The minimum Gasteiger partial charge on any atom is -0.464 e. The van der Waals surface area contributed by atoms with Crippen LogP contribution in [0.15, 0.2) is 101 Å². The second kappa shape index (κ2) is 35.6. The summed E-state index contributed by atoms with van der Waals surface area (Å²) in [6.45, 7) is 9.01. The molecule has 6 atom stereocenters. The summed E-state index contributed by atoms with van der Waals surface area (Å²) in [6, 6.07) is 22.6. The molecule has 0 spiro atoms. The van der Waals surface area contributed by atoms with Gasteiger partial charge >= 0.3 is 0 Å². The second-order valence-electron chi connectivity index (χ2n) is 23.6. The number of hydrogen-bond donors (Lipinski definition) is 5. The van der Waals surface area contributed by atoms with Crippen LogP contribution in [0.1, 0.15) is 137 Å². The van der Waals surface area contributed by atoms with E-state index in [1.54, 1.807) is 53.9 Å². The van der Waals surface area contributed by atoms with Gasteiger partial charge in [-0.15, -0.1) is 0 Å². The Labute approximate surface area is 533 Å². The third-order valence-electron chi connectivity index (χ3n) is 16.4. The van der Waals surface area contributed by atoms with Gasteiger partial charge in [0.05, 0.1) is 41.0 Å². The number of nitro groups is 1. The molecule has 2 saturated heterocycles. The predicted octanol–water partition coefficient (Wildman–Crippen LogP) is 8.34. The topological polar surface area (TPSA) is 259 Å². The summed E-state index contributed by atoms with van der Waals surface area (Å²) in [7, 11) is 11.3. The van der Waals surface area contributed by atoms with Crippen molar-refractivity contribution in [1.82, 2.24) is 46.0 Å². The number of amides is 4. The van der Waals surface area contributed by atoms with Crippen LogP contribution in [0, 0.1) is 33.2 Å². The minimum absolute atomic E-state index is 0.155. The van der Waals surface area contributed by atoms with Crippen molar-refractivity contribution >= 4 is 52.1 Å². The number of carbonyl (C=O) groups is 5. The molecule has 1 unspecified atom stereocenters. The molecule has 2 aromatic heterocycles. The lowest BCUT2D eigenvalue weighted by Gasteiger charge is -2.39. The number of hydrogen-bond acceptors (Lipinski definition) is 16. The molecule has 3 aliphatic rings. The van der Waals surface area contributed by atoms with Crippen molar-refractivity contribution < 1.29 is 47.3 Å². The number of ether oxygens (including phenoxy) is 1. The fraction of sp³-hybridized carbons (Fsp3) is 0.522. The van der Waals surface area contributed by atoms with Gasteiger partial charge in [0.15, 0.2) is 5.82 Å². The Kier molecular flexibility index (Phi) is 28.2. The monoisotopic (exact) mass is 1260 g/mol. The summed E-state index contributed by atoms with van der Waals surface area (Å²) in [4.78, 5) is 88.6. The average molecular weight is 1260 g/mol. The highest BCUT2D eigenvalue weighted by Crippen LogP contribution is 2.45. The Hall–Kier alpha value is -7.78. The number of unbranched alkanes of at least 4 members (excludes halogenated alkanes) is 2. The molecule has 8 rings (SSSR count). The van der Waals surface area contributed by atoms with Gasteiger partial charge in [-0.2, -0.15) is 21.8 Å². The maximum atomic E-state index is 14.0. The normalized spacial score (nSPS) is 19.7. The van der Waals surface area contributed by atoms with Crippen LogP contribution in [-0.2, 0) is 59.6 Å². The van der Waals surface area contributed by atoms with E-state index in [-0.39, 0.29) is 35.8 Å². The lowest BCUT2D eigenvalue weighted by Crippen LogP contribution is -2.64. The van der Waals surface area contributed by atoms with Gasteiger partial charge in [-0.3, -0.25) is 34.1 Å². The highest BCUT2D eigenvalue weighted by atomic mass is 32.2. The van der Waals surface area contributed by atoms with Gasteiger partial charge in [0, 0.05) is 56.7 Å². The zero-order valence-corrected chi connectivity index (χ0v) is 54.6. The molecule has 5 aromatic rings. The lowest BCUT2D eigenvalue weighted by atomic mass is 9.81. The summed E-state index contributed by atoms with van der Waals surface area (Å²) in [5.74, 6) is 2.20. The first kappa shape index (κ1) is 71.3. The number of rotatable bonds is 27. The largest absolute Gasteiger partial charge is 0.464 e. The Balaban J connectivity index is 0.000000240. The molecule has 21 nitrogen and oxygen atoms in total. The molecule has 5 heterocycles. The number of nitriles is 1. The third kappa shape index (κ3) is 20.4. The molecule has 488 valence electrons. The predicted molar refractivity (Wildman–Crippen MR) is 346 cm³/mol. The number of thioether (sulfide) groups is 1. The number of aromatic nitrogens is 1. The van der Waals surface area contributed by atoms with Crippen molar-refractivity contribution in [3.05, 3.63) is 152 Å². The van der Waals surface area contributed by atoms with Crippen molar-refractivity contribution in [2.45, 2.75) is 153 Å². The molecule has 90 heavy (non-hydrogen) atoms. The third-order valence-corrected chi connectivity index (χ3v) is 17.4. The van der Waals surface area contributed by atoms with Crippen LogP contribution in [0.2, 0.25) is 0 Å². The van der Waals surface area contributed by atoms with Gasteiger partial charge in [0.25, 0.3) is 6.20 Å². The molecule has 23 heteroatoms. The molecule has 0 bridgehead atoms. The highest BCUT2D eigenvalue weighted by molar-refractivity contribution is 7.98. The first-order valence-corrected chi connectivity index (χ1v) is 32.4. The van der Waals surface area contributed by atoms with Gasteiger partial charge in [-0.05, 0) is 150 Å². The SMILES string of the molecule is CCC(=O)CCCCC[C@@H]1NC(=O)[C@H]2CCCCN2C(=O)[C@H]([C@@H](C)CC)NC(=O)[C@H](Cc2cn(OC)c3ccccc23)NC1=O.CN(C)CCCC1(c2ccc(F)cc2)OCc2cc(C#N)ccc21.CN/C(=C/[N+](=O)[O-])NCCSCc1ccc(CN(C)C)o1. The first-order valence-electron chi connectivity index (χ1n) is 31.3. The van der Waals surface area contributed by atoms with E-state index >= 15 is 0 Å². The minimum atomic E-state index is -1.01. The average Bonchev–Trinajstić information content (AvgIpc) is 1.58. The van der Waals surface area contributed by atoms with Gasteiger partial charge in [-0.1, -0.05) is 76.4 Å². The lowest BCUT2D eigenvalue weighted by molar-refractivity contribution is -0.404. The van der Waals surface area contributed by atoms with Crippen LogP contribution < -0.4 is 31.4 Å². The molecule has 0 saturated carbocycles. The summed E-state index contributed by atoms with van der Waals surface area (Å²) >= 11 is 1.72. The van der Waals surface area contributed by atoms with Crippen LogP contribution in [-0.4, -0.2) is 146 Å². The molecule has 0 radical (unpaired) electrons. The molecular weight excluding hydrogens is 1170 g/mol. The number of nitrogens with zero attached hydrogens (tertiary/aromatic N) is 6. The summed E-state index contributed by atoms with van der Waals surface area (Å²) in [6.07, 6.45) is 10.8. The van der Waals surface area contributed by atoms with Gasteiger partial charge < -0.3 is 55.3 Å². The van der Waals surface area contributed by atoms with E-state index in [0.717, 1.165) is 108 Å². The van der Waals surface area contributed by atoms with E-state index < -0.39 is 46.5 Å². The number of ketones is 1. The number of Topliss-reactive ketones (excluding diaryl/α,β-unsaturated/α-hetero) is 1. The number of carbonyl (C=O) groups excluding carboxylic acids is 5. The summed E-state index contributed by atoms with van der Waals surface area (Å²) < 4.78 is 27.0. The van der Waals surface area contributed by atoms with Gasteiger partial charge in [0.2, 0.25) is 23.6 Å². The van der Waals surface area contributed by atoms with Crippen molar-refractivity contribution in [1.29, 1.82) is 5.26 Å². The first-order chi connectivity index (χ1) is 43.2. The number of benzene rings is 3. The summed E-state index contributed by atoms with van der Waals surface area (Å²) in [5, 5.41) is 34.9. The Morgan fingerprint density at radius 2 is 1.68 bits per heavy atom. The van der Waals surface area contributed by atoms with E-state index in [9.17, 15) is 38.5 Å². The number of halogens is 1. The van der Waals surface area contributed by atoms with Crippen molar-refractivity contribution in [2.75, 3.05) is 67.7 Å². The Bertz CT molecular complexity index is 3250. The molecule has 3 aliphatic heterocycles. The number of piperidine rings is 1. The quantitative estimate of drug-likeness (QED) is 0.0188. The van der Waals surface area contributed by atoms with E-state index in [1.165, 1.54) is 12.1 Å². The van der Waals surface area contributed by atoms with Crippen LogP contribution in [0.25, 0.3) is 10.9 Å². The van der Waals surface area contributed by atoms with Crippen LogP contribution in [0.4, 0.5) is 4.39 Å². The fourth-order valence-electron chi connectivity index (χ4n) is 11.4. The van der Waals surface area contributed by atoms with Gasteiger partial charge in [-0.25, -0.2) is 4.39 Å². The Morgan fingerprint density at radius 3 is 2.37 bits per heavy atom. The maximum absolute atomic E-state index is 14.0. The second-order valence-corrected chi connectivity index (χ2v) is 24.7. The molecule has 5 N–H and O–H groups in total. The van der Waals surface area contributed by atoms with Gasteiger partial charge in [0.1, 0.15) is 60.0 Å². The van der Waals surface area contributed by atoms with Crippen LogP contribution in [0.3, 0.4) is 0 Å². The number of furan rings is 1. The number of fused-ring (bicyclic) bond motifs is 3. The number of para-hydroxylation sites is 1. The zero-order chi connectivity index (χ0) is 65.3. The van der Waals surface area contributed by atoms with Crippen molar-refractivity contribution in [3.8, 4) is 6.07 Å². The molecular formula is C67H92FN11O10S. The summed E-state index contributed by atoms with van der Waals surface area (Å²) in [5.41, 5.74) is 4.79. The van der Waals surface area contributed by atoms with Crippen LogP contribution >= 0.6 is 11.8 Å². The van der Waals surface area contributed by atoms with Crippen LogP contribution in [0.5, 0.6) is 0 Å². The number of nitrogens with one attached hydrogen (secondary N) is 5. The molecule has 0 aliphatic carbocycles. The maximum Gasteiger partial charge on any atom is 0.274 e. The van der Waals surface area contributed by atoms with E-state index in [2.05, 4.69) is 42.5 Å². The molecule has 2 fully saturated rings. The van der Waals surface area contributed by atoms with E-state index in [0.29, 0.717) is 76.0 Å². The van der Waals surface area contributed by atoms with Crippen molar-refractivity contribution in [3.63, 3.8) is 0 Å². The van der Waals surface area contributed by atoms with Crippen molar-refractivity contribution in [2.24, 2.45) is 5.92 Å². The fourth-order valence-corrected chi connectivity index (χ4v) is 12.2. The molecule has 3 aromatic carbocycles. The zero-order valence-electron chi connectivity index (χ0n) is 53.7. The smallest absolute Gasteiger partial charge is 0.274 e. The Morgan fingerprint density at radius 1 is 0.944 bits per heavy atom.